The first-order chi connectivity index (χ1) is 9.49. The smallest absolute Gasteiger partial charge is 0.406 e. The van der Waals surface area contributed by atoms with Gasteiger partial charge in [-0.1, -0.05) is 0 Å². The quantitative estimate of drug-likeness (QED) is 0.921. The summed E-state index contributed by atoms with van der Waals surface area (Å²) in [5.41, 5.74) is 0.944. The largest absolute Gasteiger partial charge is 0.573 e. The fourth-order valence-corrected chi connectivity index (χ4v) is 2.57. The van der Waals surface area contributed by atoms with Crippen molar-refractivity contribution in [2.45, 2.75) is 37.7 Å². The van der Waals surface area contributed by atoms with Gasteiger partial charge in [-0.05, 0) is 43.5 Å². The molecule has 1 saturated carbocycles. The number of ether oxygens (including phenoxy) is 1. The van der Waals surface area contributed by atoms with Gasteiger partial charge in [0.2, 0.25) is 0 Å². The molecule has 1 N–H and O–H groups in total. The maximum absolute atomic E-state index is 12.1. The number of benzene rings is 1. The minimum absolute atomic E-state index is 0.173. The van der Waals surface area contributed by atoms with Gasteiger partial charge >= 0.3 is 6.36 Å². The molecule has 0 bridgehead atoms. The van der Waals surface area contributed by atoms with E-state index < -0.39 is 6.36 Å². The molecule has 1 aromatic carbocycles. The van der Waals surface area contributed by atoms with Crippen LogP contribution >= 0.6 is 0 Å². The number of nitrogens with zero attached hydrogens (tertiary/aromatic N) is 1. The first-order valence-electron chi connectivity index (χ1n) is 6.86. The highest BCUT2D eigenvalue weighted by Crippen LogP contribution is 2.28. The zero-order chi connectivity index (χ0) is 14.2. The molecule has 1 aromatic rings. The van der Waals surface area contributed by atoms with Crippen molar-refractivity contribution >= 4 is 5.69 Å². The van der Waals surface area contributed by atoms with Gasteiger partial charge in [-0.2, -0.15) is 0 Å². The summed E-state index contributed by atoms with van der Waals surface area (Å²) in [6.45, 7) is 1.85. The van der Waals surface area contributed by atoms with E-state index >= 15 is 0 Å². The second-order valence-electron chi connectivity index (χ2n) is 5.41. The highest BCUT2D eigenvalue weighted by molar-refractivity contribution is 5.50. The minimum atomic E-state index is -4.63. The third-order valence-electron chi connectivity index (χ3n) is 3.67. The van der Waals surface area contributed by atoms with Crippen LogP contribution in [0.3, 0.4) is 0 Å². The van der Waals surface area contributed by atoms with Crippen molar-refractivity contribution in [3.8, 4) is 5.75 Å². The van der Waals surface area contributed by atoms with Gasteiger partial charge in [-0.15, -0.1) is 13.2 Å². The monoisotopic (exact) mass is 286 g/mol. The molecule has 1 heterocycles. The molecule has 1 atom stereocenters. The number of nitrogens with one attached hydrogen (secondary N) is 1. The van der Waals surface area contributed by atoms with Gasteiger partial charge in [-0.3, -0.25) is 0 Å². The Bertz CT molecular complexity index is 456. The Kier molecular flexibility index (Phi) is 3.50. The van der Waals surface area contributed by atoms with E-state index in [-0.39, 0.29) is 5.75 Å². The van der Waals surface area contributed by atoms with E-state index in [4.69, 9.17) is 0 Å². The van der Waals surface area contributed by atoms with E-state index in [1.165, 1.54) is 25.0 Å². The Morgan fingerprint density at radius 3 is 2.35 bits per heavy atom. The van der Waals surface area contributed by atoms with Gasteiger partial charge in [-0.25, -0.2) is 0 Å². The average Bonchev–Trinajstić information content (AvgIpc) is 3.05. The molecule has 2 fully saturated rings. The molecule has 1 unspecified atom stereocenters. The molecule has 3 nitrogen and oxygen atoms in total. The molecule has 110 valence electrons. The summed E-state index contributed by atoms with van der Waals surface area (Å²) in [6, 6.07) is 7.27. The molecule has 1 aliphatic heterocycles. The SMILES string of the molecule is FC(F)(F)Oc1ccc(N2CCC(NC3CC3)C2)cc1. The fourth-order valence-electron chi connectivity index (χ4n) is 2.57. The van der Waals surface area contributed by atoms with Crippen molar-refractivity contribution in [1.82, 2.24) is 5.32 Å². The van der Waals surface area contributed by atoms with Crippen LogP contribution < -0.4 is 15.0 Å². The number of hydrogen-bond donors (Lipinski definition) is 1. The highest BCUT2D eigenvalue weighted by atomic mass is 19.4. The maximum Gasteiger partial charge on any atom is 0.573 e. The molecule has 0 aromatic heterocycles. The zero-order valence-corrected chi connectivity index (χ0v) is 11.0. The van der Waals surface area contributed by atoms with Crippen LogP contribution in [0.5, 0.6) is 5.75 Å². The summed E-state index contributed by atoms with van der Waals surface area (Å²) in [5, 5.41) is 3.58. The Labute approximate surface area is 115 Å². The molecule has 0 spiro atoms. The van der Waals surface area contributed by atoms with Crippen molar-refractivity contribution in [2.24, 2.45) is 0 Å². The normalized spacial score (nSPS) is 23.1. The molecular weight excluding hydrogens is 269 g/mol. The van der Waals surface area contributed by atoms with Crippen molar-refractivity contribution < 1.29 is 17.9 Å². The van der Waals surface area contributed by atoms with Crippen LogP contribution in [-0.2, 0) is 0 Å². The Morgan fingerprint density at radius 2 is 1.75 bits per heavy atom. The zero-order valence-electron chi connectivity index (χ0n) is 11.0. The van der Waals surface area contributed by atoms with E-state index in [1.807, 2.05) is 0 Å². The number of rotatable bonds is 4. The molecule has 0 radical (unpaired) electrons. The van der Waals surface area contributed by atoms with Crippen LogP contribution in [0.4, 0.5) is 18.9 Å². The molecule has 3 rings (SSSR count). The third-order valence-corrected chi connectivity index (χ3v) is 3.67. The number of halogens is 3. The highest BCUT2D eigenvalue weighted by Gasteiger charge is 2.31. The predicted molar refractivity (Wildman–Crippen MR) is 69.9 cm³/mol. The first-order valence-corrected chi connectivity index (χ1v) is 6.86. The van der Waals surface area contributed by atoms with Crippen molar-refractivity contribution in [1.29, 1.82) is 0 Å². The van der Waals surface area contributed by atoms with Crippen molar-refractivity contribution in [3.63, 3.8) is 0 Å². The number of alkyl halides is 3. The summed E-state index contributed by atoms with van der Waals surface area (Å²) in [4.78, 5) is 2.19. The Morgan fingerprint density at radius 1 is 1.05 bits per heavy atom. The number of anilines is 1. The molecular formula is C14H17F3N2O. The second-order valence-corrected chi connectivity index (χ2v) is 5.41. The minimum Gasteiger partial charge on any atom is -0.406 e. The summed E-state index contributed by atoms with van der Waals surface area (Å²) >= 11 is 0. The second kappa shape index (κ2) is 5.16. The Balaban J connectivity index is 1.57. The average molecular weight is 286 g/mol. The van der Waals surface area contributed by atoms with Gasteiger partial charge in [0.05, 0.1) is 0 Å². The lowest BCUT2D eigenvalue weighted by molar-refractivity contribution is -0.274. The van der Waals surface area contributed by atoms with Crippen LogP contribution in [-0.4, -0.2) is 31.5 Å². The van der Waals surface area contributed by atoms with Gasteiger partial charge in [0.15, 0.2) is 0 Å². The van der Waals surface area contributed by atoms with Gasteiger partial charge < -0.3 is 15.0 Å². The first kappa shape index (κ1) is 13.5. The topological polar surface area (TPSA) is 24.5 Å². The van der Waals surface area contributed by atoms with E-state index in [9.17, 15) is 13.2 Å². The molecule has 20 heavy (non-hydrogen) atoms. The van der Waals surface area contributed by atoms with Crippen LogP contribution in [0, 0.1) is 0 Å². The van der Waals surface area contributed by atoms with Gasteiger partial charge in [0, 0.05) is 30.9 Å². The molecule has 1 aliphatic carbocycles. The summed E-state index contributed by atoms with van der Waals surface area (Å²) < 4.78 is 40.1. The lowest BCUT2D eigenvalue weighted by Gasteiger charge is -2.19. The summed E-state index contributed by atoms with van der Waals surface area (Å²) in [5.74, 6) is -0.173. The molecule has 2 aliphatic rings. The van der Waals surface area contributed by atoms with E-state index in [2.05, 4.69) is 15.0 Å². The van der Waals surface area contributed by atoms with E-state index in [1.54, 1.807) is 12.1 Å². The van der Waals surface area contributed by atoms with Crippen LogP contribution in [0.2, 0.25) is 0 Å². The van der Waals surface area contributed by atoms with E-state index in [0.717, 1.165) is 25.2 Å². The number of hydrogen-bond acceptors (Lipinski definition) is 3. The van der Waals surface area contributed by atoms with Crippen molar-refractivity contribution in [3.05, 3.63) is 24.3 Å². The standard InChI is InChI=1S/C14H17F3N2O/c15-14(16,17)20-13-5-3-12(4-6-13)19-8-7-11(9-19)18-10-1-2-10/h3-6,10-11,18H,1-2,7-9H2. The maximum atomic E-state index is 12.1. The predicted octanol–water partition coefficient (Wildman–Crippen LogP) is 2.92. The summed E-state index contributed by atoms with van der Waals surface area (Å²) in [7, 11) is 0. The lowest BCUT2D eigenvalue weighted by Crippen LogP contribution is -2.33. The summed E-state index contributed by atoms with van der Waals surface area (Å²) in [6.07, 6.45) is -1.02. The van der Waals surface area contributed by atoms with Crippen LogP contribution in [0.25, 0.3) is 0 Å². The molecule has 6 heteroatoms. The van der Waals surface area contributed by atoms with Gasteiger partial charge in [0.25, 0.3) is 0 Å². The molecule has 0 amide bonds. The van der Waals surface area contributed by atoms with E-state index in [0.29, 0.717) is 12.1 Å². The third kappa shape index (κ3) is 3.56. The van der Waals surface area contributed by atoms with Crippen LogP contribution in [0.1, 0.15) is 19.3 Å². The van der Waals surface area contributed by atoms with Crippen molar-refractivity contribution in [2.75, 3.05) is 18.0 Å². The van der Waals surface area contributed by atoms with Gasteiger partial charge in [0.1, 0.15) is 5.75 Å². The fraction of sp³-hybridized carbons (Fsp3) is 0.571. The van der Waals surface area contributed by atoms with Crippen LogP contribution in [0.15, 0.2) is 24.3 Å². The Hall–Kier alpha value is -1.43. The molecule has 1 saturated heterocycles. The lowest BCUT2D eigenvalue weighted by atomic mass is 10.2.